The standard InChI is InChI=1S/C19H23ClN2O3S/c1-3-18(19(23)21-13-12-15-8-5-4-6-9-15)22(26(2,24)25)17-11-7-10-16(20)14-17/h4-11,14,18H,3,12-13H2,1-2H3,(H,21,23)/t18-/m1/s1. The van der Waals surface area contributed by atoms with E-state index in [0.717, 1.165) is 16.1 Å². The molecule has 26 heavy (non-hydrogen) atoms. The molecule has 0 saturated carbocycles. The first-order valence-electron chi connectivity index (χ1n) is 8.39. The molecular weight excluding hydrogens is 372 g/mol. The van der Waals surface area contributed by atoms with Gasteiger partial charge >= 0.3 is 0 Å². The van der Waals surface area contributed by atoms with Gasteiger partial charge in [0.15, 0.2) is 0 Å². The molecule has 0 fully saturated rings. The van der Waals surface area contributed by atoms with Crippen LogP contribution in [0.3, 0.4) is 0 Å². The summed E-state index contributed by atoms with van der Waals surface area (Å²) in [6.45, 7) is 2.22. The molecule has 0 radical (unpaired) electrons. The van der Waals surface area contributed by atoms with Gasteiger partial charge in [-0.1, -0.05) is 54.9 Å². The molecule has 1 amide bonds. The van der Waals surface area contributed by atoms with Crippen molar-refractivity contribution in [1.82, 2.24) is 5.32 Å². The van der Waals surface area contributed by atoms with Gasteiger partial charge in [0.05, 0.1) is 11.9 Å². The van der Waals surface area contributed by atoms with Crippen LogP contribution in [-0.4, -0.2) is 33.2 Å². The summed E-state index contributed by atoms with van der Waals surface area (Å²) in [5.74, 6) is -0.325. The Morgan fingerprint density at radius 1 is 1.15 bits per heavy atom. The quantitative estimate of drug-likeness (QED) is 0.747. The predicted octanol–water partition coefficient (Wildman–Crippen LogP) is 3.24. The maximum absolute atomic E-state index is 12.7. The Morgan fingerprint density at radius 3 is 2.42 bits per heavy atom. The summed E-state index contributed by atoms with van der Waals surface area (Å²) < 4.78 is 25.8. The van der Waals surface area contributed by atoms with Crippen LogP contribution in [0.15, 0.2) is 54.6 Å². The van der Waals surface area contributed by atoms with E-state index in [1.165, 1.54) is 0 Å². The summed E-state index contributed by atoms with van der Waals surface area (Å²) in [5, 5.41) is 3.25. The lowest BCUT2D eigenvalue weighted by Crippen LogP contribution is -2.49. The van der Waals surface area contributed by atoms with Crippen molar-refractivity contribution in [2.24, 2.45) is 0 Å². The summed E-state index contributed by atoms with van der Waals surface area (Å²) in [4.78, 5) is 12.7. The Hall–Kier alpha value is -2.05. The highest BCUT2D eigenvalue weighted by molar-refractivity contribution is 7.92. The van der Waals surface area contributed by atoms with Crippen molar-refractivity contribution >= 4 is 33.2 Å². The van der Waals surface area contributed by atoms with E-state index < -0.39 is 16.1 Å². The number of hydrogen-bond acceptors (Lipinski definition) is 3. The van der Waals surface area contributed by atoms with E-state index in [9.17, 15) is 13.2 Å². The van der Waals surface area contributed by atoms with E-state index >= 15 is 0 Å². The molecule has 0 aliphatic carbocycles. The molecule has 0 aromatic heterocycles. The van der Waals surface area contributed by atoms with Gasteiger partial charge in [-0.15, -0.1) is 0 Å². The molecule has 0 aliphatic heterocycles. The summed E-state index contributed by atoms with van der Waals surface area (Å²) in [7, 11) is -3.65. The van der Waals surface area contributed by atoms with Gasteiger partial charge in [0.2, 0.25) is 15.9 Å². The zero-order valence-electron chi connectivity index (χ0n) is 14.9. The normalized spacial score (nSPS) is 12.4. The molecule has 2 aromatic carbocycles. The summed E-state index contributed by atoms with van der Waals surface area (Å²) in [5.41, 5.74) is 1.49. The number of nitrogens with one attached hydrogen (secondary N) is 1. The van der Waals surface area contributed by atoms with E-state index in [2.05, 4.69) is 5.32 Å². The average molecular weight is 395 g/mol. The summed E-state index contributed by atoms with van der Waals surface area (Å²) >= 11 is 6.00. The van der Waals surface area contributed by atoms with Crippen LogP contribution >= 0.6 is 11.6 Å². The molecule has 2 rings (SSSR count). The van der Waals surface area contributed by atoms with Crippen molar-refractivity contribution in [1.29, 1.82) is 0 Å². The Bertz CT molecular complexity index is 841. The Morgan fingerprint density at radius 2 is 1.85 bits per heavy atom. The molecular formula is C19H23ClN2O3S. The topological polar surface area (TPSA) is 66.5 Å². The number of nitrogens with zero attached hydrogens (tertiary/aromatic N) is 1. The molecule has 1 atom stereocenters. The molecule has 0 spiro atoms. The van der Waals surface area contributed by atoms with Crippen LogP contribution in [0.2, 0.25) is 5.02 Å². The van der Waals surface area contributed by atoms with Crippen molar-refractivity contribution in [3.63, 3.8) is 0 Å². The third-order valence-electron chi connectivity index (χ3n) is 3.95. The van der Waals surface area contributed by atoms with Gasteiger partial charge in [0.25, 0.3) is 0 Å². The minimum atomic E-state index is -3.65. The first-order valence-corrected chi connectivity index (χ1v) is 10.6. The van der Waals surface area contributed by atoms with Crippen LogP contribution in [-0.2, 0) is 21.2 Å². The minimum absolute atomic E-state index is 0.325. The van der Waals surface area contributed by atoms with E-state index in [4.69, 9.17) is 11.6 Å². The smallest absolute Gasteiger partial charge is 0.243 e. The molecule has 0 saturated heterocycles. The van der Waals surface area contributed by atoms with Crippen molar-refractivity contribution < 1.29 is 13.2 Å². The van der Waals surface area contributed by atoms with Crippen molar-refractivity contribution in [2.45, 2.75) is 25.8 Å². The van der Waals surface area contributed by atoms with Crippen LogP contribution in [0.1, 0.15) is 18.9 Å². The number of anilines is 1. The fourth-order valence-corrected chi connectivity index (χ4v) is 4.15. The fraction of sp³-hybridized carbons (Fsp3) is 0.316. The Kier molecular flexibility index (Phi) is 7.06. The van der Waals surface area contributed by atoms with Crippen LogP contribution < -0.4 is 9.62 Å². The van der Waals surface area contributed by atoms with E-state index in [1.54, 1.807) is 31.2 Å². The zero-order valence-corrected chi connectivity index (χ0v) is 16.4. The third-order valence-corrected chi connectivity index (χ3v) is 5.36. The van der Waals surface area contributed by atoms with Crippen molar-refractivity contribution in [3.05, 3.63) is 65.2 Å². The molecule has 0 unspecified atom stereocenters. The SMILES string of the molecule is CC[C@H](C(=O)NCCc1ccccc1)N(c1cccc(Cl)c1)S(C)(=O)=O. The molecule has 0 aliphatic rings. The minimum Gasteiger partial charge on any atom is -0.354 e. The molecule has 2 aromatic rings. The summed E-state index contributed by atoms with van der Waals surface area (Å²) in [6, 6.07) is 15.4. The lowest BCUT2D eigenvalue weighted by atomic mass is 10.1. The first-order chi connectivity index (χ1) is 12.3. The number of carbonyl (C=O) groups is 1. The maximum Gasteiger partial charge on any atom is 0.243 e. The zero-order chi connectivity index (χ0) is 19.2. The maximum atomic E-state index is 12.7. The number of hydrogen-bond donors (Lipinski definition) is 1. The Labute approximate surface area is 160 Å². The van der Waals surface area contributed by atoms with Gasteiger partial charge in [-0.25, -0.2) is 8.42 Å². The second-order valence-electron chi connectivity index (χ2n) is 5.99. The largest absolute Gasteiger partial charge is 0.354 e. The molecule has 0 heterocycles. The number of rotatable bonds is 8. The number of halogens is 1. The van der Waals surface area contributed by atoms with E-state index in [1.807, 2.05) is 30.3 Å². The van der Waals surface area contributed by atoms with Crippen LogP contribution in [0, 0.1) is 0 Å². The molecule has 0 bridgehead atoms. The summed E-state index contributed by atoms with van der Waals surface area (Å²) in [6.07, 6.45) is 2.11. The van der Waals surface area contributed by atoms with Gasteiger partial charge < -0.3 is 5.32 Å². The van der Waals surface area contributed by atoms with E-state index in [0.29, 0.717) is 30.1 Å². The van der Waals surface area contributed by atoms with Gasteiger partial charge in [0.1, 0.15) is 6.04 Å². The molecule has 5 nitrogen and oxygen atoms in total. The van der Waals surface area contributed by atoms with Gasteiger partial charge in [-0.05, 0) is 36.6 Å². The van der Waals surface area contributed by atoms with Crippen LogP contribution in [0.4, 0.5) is 5.69 Å². The lowest BCUT2D eigenvalue weighted by Gasteiger charge is -2.30. The number of benzene rings is 2. The fourth-order valence-electron chi connectivity index (χ4n) is 2.77. The van der Waals surface area contributed by atoms with Gasteiger partial charge in [-0.2, -0.15) is 0 Å². The first kappa shape index (κ1) is 20.3. The highest BCUT2D eigenvalue weighted by Gasteiger charge is 2.31. The lowest BCUT2D eigenvalue weighted by molar-refractivity contribution is -0.122. The number of amides is 1. The molecule has 7 heteroatoms. The highest BCUT2D eigenvalue weighted by atomic mass is 35.5. The average Bonchev–Trinajstić information content (AvgIpc) is 2.59. The van der Waals surface area contributed by atoms with Gasteiger partial charge in [0, 0.05) is 11.6 Å². The number of sulfonamides is 1. The van der Waals surface area contributed by atoms with Crippen molar-refractivity contribution in [3.8, 4) is 0 Å². The number of carbonyl (C=O) groups excluding carboxylic acids is 1. The van der Waals surface area contributed by atoms with E-state index in [-0.39, 0.29) is 5.91 Å². The monoisotopic (exact) mass is 394 g/mol. The van der Waals surface area contributed by atoms with Gasteiger partial charge in [-0.3, -0.25) is 9.10 Å². The Balaban J connectivity index is 2.15. The van der Waals surface area contributed by atoms with Crippen molar-refractivity contribution in [2.75, 3.05) is 17.1 Å². The third kappa shape index (κ3) is 5.47. The van der Waals surface area contributed by atoms with Crippen LogP contribution in [0.25, 0.3) is 0 Å². The highest BCUT2D eigenvalue weighted by Crippen LogP contribution is 2.25. The predicted molar refractivity (Wildman–Crippen MR) is 106 cm³/mol. The molecule has 1 N–H and O–H groups in total. The molecule has 140 valence electrons. The van der Waals surface area contributed by atoms with Crippen LogP contribution in [0.5, 0.6) is 0 Å². The second kappa shape index (κ2) is 9.05. The second-order valence-corrected chi connectivity index (χ2v) is 8.29.